The summed E-state index contributed by atoms with van der Waals surface area (Å²) < 4.78 is 0. The van der Waals surface area contributed by atoms with Gasteiger partial charge in [-0.3, -0.25) is 4.79 Å². The van der Waals surface area contributed by atoms with Crippen LogP contribution in [0.25, 0.3) is 0 Å². The minimum absolute atomic E-state index is 0.0400. The molecule has 0 aromatic heterocycles. The molecule has 0 radical (unpaired) electrons. The first-order chi connectivity index (χ1) is 6.63. The van der Waals surface area contributed by atoms with Crippen LogP contribution < -0.4 is 0 Å². The zero-order valence-electron chi connectivity index (χ0n) is 8.90. The van der Waals surface area contributed by atoms with Gasteiger partial charge in [-0.25, -0.2) is 0 Å². The van der Waals surface area contributed by atoms with Crippen molar-refractivity contribution in [3.05, 3.63) is 0 Å². The van der Waals surface area contributed by atoms with Crippen molar-refractivity contribution in [2.24, 2.45) is 5.92 Å². The van der Waals surface area contributed by atoms with Gasteiger partial charge in [0.2, 0.25) is 0 Å². The third-order valence-electron chi connectivity index (χ3n) is 2.66. The molecule has 1 aliphatic rings. The molecule has 0 aliphatic carbocycles. The molecule has 0 bridgehead atoms. The van der Waals surface area contributed by atoms with Crippen molar-refractivity contribution in [2.45, 2.75) is 39.2 Å². The highest BCUT2D eigenvalue weighted by Gasteiger charge is 2.22. The Hall–Kier alpha value is -0.610. The maximum absolute atomic E-state index is 11.4. The van der Waals surface area contributed by atoms with E-state index in [2.05, 4.69) is 0 Å². The van der Waals surface area contributed by atoms with Gasteiger partial charge in [0.1, 0.15) is 0 Å². The first-order valence-corrected chi connectivity index (χ1v) is 5.28. The van der Waals surface area contributed by atoms with Crippen LogP contribution >= 0.6 is 0 Å². The molecule has 0 spiro atoms. The molecule has 1 heterocycles. The molecular formula is C10H19NO3. The lowest BCUT2D eigenvalue weighted by atomic mass is 10.1. The third kappa shape index (κ3) is 3.27. The molecule has 4 heteroatoms. The number of hydrogen-bond donors (Lipinski definition) is 1. The summed E-state index contributed by atoms with van der Waals surface area (Å²) >= 11 is 0. The number of rotatable bonds is 3. The second kappa shape index (κ2) is 5.32. The number of aliphatic hydroxyl groups is 1. The van der Waals surface area contributed by atoms with E-state index < -0.39 is 0 Å². The van der Waals surface area contributed by atoms with Crippen molar-refractivity contribution in [3.63, 3.8) is 0 Å². The highest BCUT2D eigenvalue weighted by Crippen LogP contribution is 2.12. The van der Waals surface area contributed by atoms with E-state index in [1.807, 2.05) is 13.8 Å². The lowest BCUT2D eigenvalue weighted by Crippen LogP contribution is -2.38. The summed E-state index contributed by atoms with van der Waals surface area (Å²) in [5, 5.41) is 10.9. The van der Waals surface area contributed by atoms with Gasteiger partial charge in [0.05, 0.1) is 12.0 Å². The SMILES string of the molecule is CCC(C)C(=O)ON1CCC(O)CC1. The molecule has 1 fully saturated rings. The number of nitrogens with zero attached hydrogens (tertiary/aromatic N) is 1. The Kier molecular flexibility index (Phi) is 4.35. The standard InChI is InChI=1S/C10H19NO3/c1-3-8(2)10(13)14-11-6-4-9(12)5-7-11/h8-9,12H,3-7H2,1-2H3. The second-order valence-corrected chi connectivity index (χ2v) is 3.88. The van der Waals surface area contributed by atoms with Crippen LogP contribution in [0.15, 0.2) is 0 Å². The molecule has 0 aromatic rings. The molecule has 0 saturated carbocycles. The van der Waals surface area contributed by atoms with Crippen LogP contribution in [0.3, 0.4) is 0 Å². The van der Waals surface area contributed by atoms with Gasteiger partial charge in [0, 0.05) is 13.1 Å². The minimum atomic E-state index is -0.228. The van der Waals surface area contributed by atoms with Crippen molar-refractivity contribution >= 4 is 5.97 Å². The summed E-state index contributed by atoms with van der Waals surface area (Å²) in [4.78, 5) is 16.6. The van der Waals surface area contributed by atoms with Crippen LogP contribution in [-0.4, -0.2) is 35.3 Å². The van der Waals surface area contributed by atoms with Gasteiger partial charge in [-0.2, -0.15) is 0 Å². The molecule has 14 heavy (non-hydrogen) atoms. The molecule has 82 valence electrons. The van der Waals surface area contributed by atoms with Crippen LogP contribution in [0.4, 0.5) is 0 Å². The summed E-state index contributed by atoms with van der Waals surface area (Å²) in [5.41, 5.74) is 0. The molecule has 1 rings (SSSR count). The van der Waals surface area contributed by atoms with Gasteiger partial charge in [-0.05, 0) is 19.3 Å². The molecule has 0 amide bonds. The van der Waals surface area contributed by atoms with Gasteiger partial charge in [0.25, 0.3) is 0 Å². The Labute approximate surface area is 84.8 Å². The Morgan fingerprint density at radius 3 is 2.64 bits per heavy atom. The molecule has 0 aromatic carbocycles. The molecule has 4 nitrogen and oxygen atoms in total. The van der Waals surface area contributed by atoms with E-state index in [-0.39, 0.29) is 18.0 Å². The Balaban J connectivity index is 2.27. The predicted octanol–water partition coefficient (Wildman–Crippen LogP) is 0.947. The monoisotopic (exact) mass is 201 g/mol. The first kappa shape index (κ1) is 11.5. The van der Waals surface area contributed by atoms with E-state index >= 15 is 0 Å². The molecule has 1 N–H and O–H groups in total. The largest absolute Gasteiger partial charge is 0.393 e. The Morgan fingerprint density at radius 2 is 2.14 bits per heavy atom. The van der Waals surface area contributed by atoms with Crippen molar-refractivity contribution in [2.75, 3.05) is 13.1 Å². The number of hydroxylamine groups is 2. The van der Waals surface area contributed by atoms with E-state index in [9.17, 15) is 9.90 Å². The second-order valence-electron chi connectivity index (χ2n) is 3.88. The predicted molar refractivity (Wildman–Crippen MR) is 52.4 cm³/mol. The van der Waals surface area contributed by atoms with Crippen LogP contribution in [0.5, 0.6) is 0 Å². The molecule has 1 aliphatic heterocycles. The Morgan fingerprint density at radius 1 is 1.57 bits per heavy atom. The van der Waals surface area contributed by atoms with Crippen molar-refractivity contribution in [3.8, 4) is 0 Å². The fourth-order valence-corrected chi connectivity index (χ4v) is 1.32. The molecule has 1 saturated heterocycles. The van der Waals surface area contributed by atoms with Gasteiger partial charge < -0.3 is 9.94 Å². The van der Waals surface area contributed by atoms with E-state index in [4.69, 9.17) is 4.84 Å². The van der Waals surface area contributed by atoms with Crippen LogP contribution in [0.2, 0.25) is 0 Å². The summed E-state index contributed by atoms with van der Waals surface area (Å²) in [6.45, 7) is 5.11. The Bertz CT molecular complexity index is 188. The number of carbonyl (C=O) groups is 1. The zero-order chi connectivity index (χ0) is 10.6. The number of piperidine rings is 1. The summed E-state index contributed by atoms with van der Waals surface area (Å²) in [6.07, 6.45) is 1.95. The van der Waals surface area contributed by atoms with Crippen molar-refractivity contribution in [1.29, 1.82) is 0 Å². The van der Waals surface area contributed by atoms with Crippen LogP contribution in [-0.2, 0) is 9.63 Å². The van der Waals surface area contributed by atoms with E-state index in [1.54, 1.807) is 5.06 Å². The first-order valence-electron chi connectivity index (χ1n) is 5.28. The average molecular weight is 201 g/mol. The van der Waals surface area contributed by atoms with Crippen LogP contribution in [0.1, 0.15) is 33.1 Å². The van der Waals surface area contributed by atoms with E-state index in [0.717, 1.165) is 6.42 Å². The van der Waals surface area contributed by atoms with Gasteiger partial charge in [0.15, 0.2) is 0 Å². The van der Waals surface area contributed by atoms with Crippen LogP contribution in [0, 0.1) is 5.92 Å². The molecule has 1 atom stereocenters. The number of hydrogen-bond acceptors (Lipinski definition) is 4. The highest BCUT2D eigenvalue weighted by molar-refractivity contribution is 5.71. The van der Waals surface area contributed by atoms with E-state index in [1.165, 1.54) is 0 Å². The van der Waals surface area contributed by atoms with Gasteiger partial charge in [-0.15, -0.1) is 5.06 Å². The van der Waals surface area contributed by atoms with Crippen molar-refractivity contribution < 1.29 is 14.7 Å². The summed E-state index contributed by atoms with van der Waals surface area (Å²) in [5.74, 6) is -0.203. The topological polar surface area (TPSA) is 49.8 Å². The normalized spacial score (nSPS) is 21.9. The zero-order valence-corrected chi connectivity index (χ0v) is 8.90. The molecular weight excluding hydrogens is 182 g/mol. The van der Waals surface area contributed by atoms with E-state index in [0.29, 0.717) is 25.9 Å². The maximum atomic E-state index is 11.4. The quantitative estimate of drug-likeness (QED) is 0.738. The number of carbonyl (C=O) groups excluding carboxylic acids is 1. The maximum Gasteiger partial charge on any atom is 0.327 e. The fraction of sp³-hybridized carbons (Fsp3) is 0.900. The van der Waals surface area contributed by atoms with Crippen molar-refractivity contribution in [1.82, 2.24) is 5.06 Å². The molecule has 1 unspecified atom stereocenters. The summed E-state index contributed by atoms with van der Waals surface area (Å²) in [6, 6.07) is 0. The number of aliphatic hydroxyl groups excluding tert-OH is 1. The highest BCUT2D eigenvalue weighted by atomic mass is 16.7. The summed E-state index contributed by atoms with van der Waals surface area (Å²) in [7, 11) is 0. The third-order valence-corrected chi connectivity index (χ3v) is 2.66. The lowest BCUT2D eigenvalue weighted by Gasteiger charge is -2.28. The smallest absolute Gasteiger partial charge is 0.327 e. The van der Waals surface area contributed by atoms with Gasteiger partial charge in [-0.1, -0.05) is 13.8 Å². The fourth-order valence-electron chi connectivity index (χ4n) is 1.32. The lowest BCUT2D eigenvalue weighted by molar-refractivity contribution is -0.203. The van der Waals surface area contributed by atoms with Gasteiger partial charge >= 0.3 is 5.97 Å². The minimum Gasteiger partial charge on any atom is -0.393 e. The average Bonchev–Trinajstić information content (AvgIpc) is 2.20.